The number of thiazole rings is 1. The fraction of sp³-hybridized carbons (Fsp3) is 0.222. The SMILES string of the molecule is COc1cc(N)c2nc(Nc3nc4cc(C(C)C)ccc4o3)sc2c1. The standard InChI is InChI=1S/C18H18N4O2S/c1-9(2)10-4-5-14-13(6-10)20-17(24-14)22-18-21-16-12(19)7-11(23-3)8-15(16)25-18/h4-9H,19H2,1-3H3,(H,20,21,22). The number of hydrogen-bond donors (Lipinski definition) is 2. The Kier molecular flexibility index (Phi) is 3.73. The van der Waals surface area contributed by atoms with Crippen LogP contribution in [0, 0.1) is 0 Å². The van der Waals surface area contributed by atoms with Crippen molar-refractivity contribution in [1.29, 1.82) is 0 Å². The van der Waals surface area contributed by atoms with Gasteiger partial charge >= 0.3 is 6.01 Å². The highest BCUT2D eigenvalue weighted by atomic mass is 32.1. The van der Waals surface area contributed by atoms with Crippen LogP contribution in [0.5, 0.6) is 5.75 Å². The second-order valence-electron chi connectivity index (χ2n) is 6.11. The van der Waals surface area contributed by atoms with E-state index in [1.54, 1.807) is 13.2 Å². The van der Waals surface area contributed by atoms with Crippen LogP contribution in [0.1, 0.15) is 25.3 Å². The van der Waals surface area contributed by atoms with Crippen molar-refractivity contribution in [3.05, 3.63) is 35.9 Å². The second kappa shape index (κ2) is 5.93. The number of oxazole rings is 1. The van der Waals surface area contributed by atoms with Gasteiger partial charge in [0.15, 0.2) is 10.7 Å². The van der Waals surface area contributed by atoms with Gasteiger partial charge in [0, 0.05) is 6.07 Å². The van der Waals surface area contributed by atoms with E-state index in [-0.39, 0.29) is 0 Å². The highest BCUT2D eigenvalue weighted by Crippen LogP contribution is 2.35. The number of aromatic nitrogens is 2. The molecule has 0 saturated carbocycles. The zero-order valence-corrected chi connectivity index (χ0v) is 15.0. The number of ether oxygens (including phenoxy) is 1. The molecule has 0 spiro atoms. The molecule has 4 aromatic rings. The summed E-state index contributed by atoms with van der Waals surface area (Å²) in [6, 6.07) is 10.2. The van der Waals surface area contributed by atoms with E-state index in [0.29, 0.717) is 28.5 Å². The van der Waals surface area contributed by atoms with Gasteiger partial charge in [-0.2, -0.15) is 4.98 Å². The number of nitrogen functional groups attached to an aromatic ring is 1. The van der Waals surface area contributed by atoms with E-state index < -0.39 is 0 Å². The van der Waals surface area contributed by atoms with Crippen LogP contribution >= 0.6 is 11.3 Å². The highest BCUT2D eigenvalue weighted by Gasteiger charge is 2.13. The molecular weight excluding hydrogens is 336 g/mol. The monoisotopic (exact) mass is 354 g/mol. The van der Waals surface area contributed by atoms with Crippen molar-refractivity contribution < 1.29 is 9.15 Å². The van der Waals surface area contributed by atoms with E-state index in [0.717, 1.165) is 21.3 Å². The predicted octanol–water partition coefficient (Wildman–Crippen LogP) is 4.90. The third kappa shape index (κ3) is 2.87. The van der Waals surface area contributed by atoms with Gasteiger partial charge in [0.25, 0.3) is 0 Å². The number of nitrogens with one attached hydrogen (secondary N) is 1. The van der Waals surface area contributed by atoms with Crippen LogP contribution in [0.2, 0.25) is 0 Å². The lowest BCUT2D eigenvalue weighted by Crippen LogP contribution is -1.91. The molecule has 2 aromatic carbocycles. The Balaban J connectivity index is 1.68. The molecule has 0 fully saturated rings. The molecule has 0 unspecified atom stereocenters. The molecular formula is C18H18N4O2S. The lowest BCUT2D eigenvalue weighted by Gasteiger charge is -2.02. The maximum Gasteiger partial charge on any atom is 0.302 e. The number of benzene rings is 2. The van der Waals surface area contributed by atoms with Crippen molar-refractivity contribution in [2.24, 2.45) is 0 Å². The topological polar surface area (TPSA) is 86.2 Å². The Morgan fingerprint density at radius 3 is 2.80 bits per heavy atom. The van der Waals surface area contributed by atoms with Gasteiger partial charge in [0.1, 0.15) is 16.8 Å². The van der Waals surface area contributed by atoms with Crippen molar-refractivity contribution in [2.75, 3.05) is 18.2 Å². The van der Waals surface area contributed by atoms with Crippen LogP contribution in [0.25, 0.3) is 21.3 Å². The Morgan fingerprint density at radius 1 is 1.20 bits per heavy atom. The molecule has 0 aliphatic rings. The number of hydrogen-bond acceptors (Lipinski definition) is 7. The first-order valence-corrected chi connectivity index (χ1v) is 8.76. The molecule has 0 atom stereocenters. The van der Waals surface area contributed by atoms with Crippen molar-refractivity contribution in [2.45, 2.75) is 19.8 Å². The number of nitrogens with two attached hydrogens (primary N) is 1. The second-order valence-corrected chi connectivity index (χ2v) is 7.14. The molecule has 7 heteroatoms. The smallest absolute Gasteiger partial charge is 0.302 e. The summed E-state index contributed by atoms with van der Waals surface area (Å²) in [5, 5.41) is 3.80. The fourth-order valence-electron chi connectivity index (χ4n) is 2.65. The summed E-state index contributed by atoms with van der Waals surface area (Å²) >= 11 is 1.47. The van der Waals surface area contributed by atoms with Gasteiger partial charge in [-0.1, -0.05) is 31.3 Å². The molecule has 0 saturated heterocycles. The van der Waals surface area contributed by atoms with Crippen LogP contribution in [-0.2, 0) is 0 Å². The summed E-state index contributed by atoms with van der Waals surface area (Å²) in [7, 11) is 1.62. The van der Waals surface area contributed by atoms with E-state index >= 15 is 0 Å². The molecule has 0 radical (unpaired) electrons. The van der Waals surface area contributed by atoms with Crippen molar-refractivity contribution in [1.82, 2.24) is 9.97 Å². The molecule has 2 aromatic heterocycles. The first-order valence-electron chi connectivity index (χ1n) is 7.95. The van der Waals surface area contributed by atoms with Gasteiger partial charge in [-0.3, -0.25) is 5.32 Å². The van der Waals surface area contributed by atoms with Gasteiger partial charge in [-0.05, 0) is 29.7 Å². The average molecular weight is 354 g/mol. The Labute approximate surface area is 148 Å². The Hall–Kier alpha value is -2.80. The molecule has 3 N–H and O–H groups in total. The van der Waals surface area contributed by atoms with Crippen LogP contribution in [-0.4, -0.2) is 17.1 Å². The first-order chi connectivity index (χ1) is 12.0. The van der Waals surface area contributed by atoms with Gasteiger partial charge < -0.3 is 14.9 Å². The van der Waals surface area contributed by atoms with Crippen LogP contribution < -0.4 is 15.8 Å². The van der Waals surface area contributed by atoms with Crippen LogP contribution in [0.4, 0.5) is 16.8 Å². The van der Waals surface area contributed by atoms with Gasteiger partial charge in [-0.25, -0.2) is 4.98 Å². The first kappa shape index (κ1) is 15.7. The molecule has 0 aliphatic carbocycles. The molecule has 6 nitrogen and oxygen atoms in total. The summed E-state index contributed by atoms with van der Waals surface area (Å²) in [5.74, 6) is 1.16. The number of rotatable bonds is 4. The van der Waals surface area contributed by atoms with E-state index in [9.17, 15) is 0 Å². The third-order valence-corrected chi connectivity index (χ3v) is 4.94. The summed E-state index contributed by atoms with van der Waals surface area (Å²) in [4.78, 5) is 9.04. The average Bonchev–Trinajstić information content (AvgIpc) is 3.17. The van der Waals surface area contributed by atoms with E-state index in [1.807, 2.05) is 12.1 Å². The zero-order chi connectivity index (χ0) is 17.6. The summed E-state index contributed by atoms with van der Waals surface area (Å²) in [6.45, 7) is 4.31. The molecule has 0 amide bonds. The highest BCUT2D eigenvalue weighted by molar-refractivity contribution is 7.22. The molecule has 0 aliphatic heterocycles. The lowest BCUT2D eigenvalue weighted by atomic mass is 10.0. The lowest BCUT2D eigenvalue weighted by molar-refractivity contribution is 0.415. The third-order valence-electron chi connectivity index (χ3n) is 4.03. The quantitative estimate of drug-likeness (QED) is 0.507. The molecule has 2 heterocycles. The number of fused-ring (bicyclic) bond motifs is 2. The minimum atomic E-state index is 0.417. The normalized spacial score (nSPS) is 11.5. The van der Waals surface area contributed by atoms with E-state index in [2.05, 4.69) is 41.3 Å². The van der Waals surface area contributed by atoms with Gasteiger partial charge in [0.2, 0.25) is 0 Å². The Bertz CT molecular complexity index is 1070. The van der Waals surface area contributed by atoms with Crippen LogP contribution in [0.15, 0.2) is 34.7 Å². The van der Waals surface area contributed by atoms with Gasteiger partial charge in [-0.15, -0.1) is 0 Å². The molecule has 0 bridgehead atoms. The Morgan fingerprint density at radius 2 is 2.04 bits per heavy atom. The van der Waals surface area contributed by atoms with Crippen molar-refractivity contribution in [3.8, 4) is 5.75 Å². The number of methoxy groups -OCH3 is 1. The minimum absolute atomic E-state index is 0.417. The number of anilines is 3. The van der Waals surface area contributed by atoms with Crippen LogP contribution in [0.3, 0.4) is 0 Å². The molecule has 25 heavy (non-hydrogen) atoms. The number of nitrogens with zero attached hydrogens (tertiary/aromatic N) is 2. The fourth-order valence-corrected chi connectivity index (χ4v) is 3.57. The van der Waals surface area contributed by atoms with E-state index in [1.165, 1.54) is 16.9 Å². The van der Waals surface area contributed by atoms with Gasteiger partial charge in [0.05, 0.1) is 17.5 Å². The van der Waals surface area contributed by atoms with E-state index in [4.69, 9.17) is 14.9 Å². The summed E-state index contributed by atoms with van der Waals surface area (Å²) in [6.07, 6.45) is 0. The molecule has 4 rings (SSSR count). The maximum absolute atomic E-state index is 6.04. The summed E-state index contributed by atoms with van der Waals surface area (Å²) < 4.78 is 12.0. The maximum atomic E-state index is 6.04. The predicted molar refractivity (Wildman–Crippen MR) is 102 cm³/mol. The van der Waals surface area contributed by atoms with Crippen molar-refractivity contribution in [3.63, 3.8) is 0 Å². The van der Waals surface area contributed by atoms with Crippen molar-refractivity contribution >= 4 is 49.5 Å². The zero-order valence-electron chi connectivity index (χ0n) is 14.2. The minimum Gasteiger partial charge on any atom is -0.497 e. The largest absolute Gasteiger partial charge is 0.497 e. The summed E-state index contributed by atoms with van der Waals surface area (Å²) in [5.41, 5.74) is 10.2. The molecule has 128 valence electrons.